The van der Waals surface area contributed by atoms with E-state index in [1.807, 2.05) is 0 Å². The van der Waals surface area contributed by atoms with Crippen molar-refractivity contribution in [3.05, 3.63) is 0 Å². The number of hydrogen-bond acceptors (Lipinski definition) is 1. The predicted molar refractivity (Wildman–Crippen MR) is 39.6 cm³/mol. The fourth-order valence-electron chi connectivity index (χ4n) is 1.76. The average Bonchev–Trinajstić information content (AvgIpc) is 2.26. The summed E-state index contributed by atoms with van der Waals surface area (Å²) in [6, 6.07) is 0. The zero-order valence-electron chi connectivity index (χ0n) is 8.08. The van der Waals surface area contributed by atoms with E-state index in [1.54, 1.807) is 0 Å². The van der Waals surface area contributed by atoms with Gasteiger partial charge in [0.25, 0.3) is 0 Å². The first-order chi connectivity index (χ1) is 6.92. The van der Waals surface area contributed by atoms with E-state index in [2.05, 4.69) is 0 Å². The van der Waals surface area contributed by atoms with Crippen LogP contribution in [-0.2, 0) is 0 Å². The zero-order chi connectivity index (χ0) is 13.0. The second-order valence-corrected chi connectivity index (χ2v) is 3.91. The van der Waals surface area contributed by atoms with Crippen molar-refractivity contribution in [1.82, 2.24) is 0 Å². The van der Waals surface area contributed by atoms with Gasteiger partial charge < -0.3 is 5.11 Å². The quantitative estimate of drug-likeness (QED) is 0.713. The largest absolute Gasteiger partial charge is 0.423 e. The van der Waals surface area contributed by atoms with Gasteiger partial charge in [0.1, 0.15) is 0 Å². The third-order valence-electron chi connectivity index (χ3n) is 2.93. The van der Waals surface area contributed by atoms with Gasteiger partial charge in [-0.15, -0.1) is 0 Å². The van der Waals surface area contributed by atoms with Crippen molar-refractivity contribution >= 4 is 0 Å². The van der Waals surface area contributed by atoms with E-state index < -0.39 is 42.4 Å². The van der Waals surface area contributed by atoms with Gasteiger partial charge in [0.2, 0.25) is 11.8 Å². The maximum atomic E-state index is 13.4. The number of rotatable bonds is 1. The van der Waals surface area contributed by atoms with Crippen LogP contribution in [0.1, 0.15) is 19.8 Å². The lowest BCUT2D eigenvalue weighted by molar-refractivity contribution is -0.326. The lowest BCUT2D eigenvalue weighted by atomic mass is 9.95. The Labute approximate surface area is 86.2 Å². The van der Waals surface area contributed by atoms with Crippen molar-refractivity contribution in [2.45, 2.75) is 49.3 Å². The first-order valence-corrected chi connectivity index (χ1v) is 4.42. The normalized spacial score (nSPS) is 43.7. The number of hydrogen-bond donors (Lipinski definition) is 1. The summed E-state index contributed by atoms with van der Waals surface area (Å²) in [7, 11) is 0. The smallest absolute Gasteiger partial charge is 0.376 e. The van der Waals surface area contributed by atoms with Gasteiger partial charge in [-0.2, -0.15) is 22.0 Å². The summed E-state index contributed by atoms with van der Waals surface area (Å²) in [5.74, 6) is -5.18. The molecule has 0 aliphatic heterocycles. The maximum absolute atomic E-state index is 13.4. The molecule has 1 aliphatic rings. The third kappa shape index (κ3) is 1.42. The van der Waals surface area contributed by atoms with Crippen LogP contribution in [-0.4, -0.2) is 34.6 Å². The average molecular weight is 254 g/mol. The summed E-state index contributed by atoms with van der Waals surface area (Å²) < 4.78 is 89.1. The van der Waals surface area contributed by atoms with Crippen LogP contribution in [0, 0.1) is 0 Å². The highest BCUT2D eigenvalue weighted by atomic mass is 19.4. The van der Waals surface area contributed by atoms with Gasteiger partial charge in [0.05, 0.1) is 0 Å². The molecular formula is C8H9F7O. The van der Waals surface area contributed by atoms with Crippen LogP contribution in [0.15, 0.2) is 0 Å². The Morgan fingerprint density at radius 3 is 1.88 bits per heavy atom. The first kappa shape index (κ1) is 13.5. The van der Waals surface area contributed by atoms with E-state index in [9.17, 15) is 30.7 Å². The van der Waals surface area contributed by atoms with Crippen molar-refractivity contribution in [3.63, 3.8) is 0 Å². The number of halogens is 7. The molecule has 0 amide bonds. The van der Waals surface area contributed by atoms with E-state index >= 15 is 0 Å². The first-order valence-electron chi connectivity index (χ1n) is 4.42. The van der Waals surface area contributed by atoms with Crippen LogP contribution >= 0.6 is 0 Å². The van der Waals surface area contributed by atoms with Crippen molar-refractivity contribution < 1.29 is 35.8 Å². The summed E-state index contributed by atoms with van der Waals surface area (Å²) in [5, 5.41) is 8.84. The molecule has 0 radical (unpaired) electrons. The molecule has 8 heteroatoms. The SMILES string of the molecule is CCC1(F)CC(O)(C(F)(F)F)C(F)(F)C1F. The van der Waals surface area contributed by atoms with Crippen LogP contribution in [0.4, 0.5) is 30.7 Å². The van der Waals surface area contributed by atoms with Crippen LogP contribution < -0.4 is 0 Å². The molecule has 1 saturated carbocycles. The highest BCUT2D eigenvalue weighted by Crippen LogP contribution is 2.59. The molecule has 1 fully saturated rings. The minimum atomic E-state index is -5.79. The Kier molecular flexibility index (Phi) is 2.74. The van der Waals surface area contributed by atoms with Gasteiger partial charge >= 0.3 is 12.1 Å². The molecule has 0 saturated heterocycles. The van der Waals surface area contributed by atoms with Crippen LogP contribution in [0.5, 0.6) is 0 Å². The van der Waals surface area contributed by atoms with E-state index in [0.29, 0.717) is 0 Å². The Morgan fingerprint density at radius 2 is 1.69 bits per heavy atom. The van der Waals surface area contributed by atoms with Gasteiger partial charge in [-0.25, -0.2) is 8.78 Å². The molecule has 1 N–H and O–H groups in total. The molecule has 1 aliphatic carbocycles. The Morgan fingerprint density at radius 1 is 1.25 bits per heavy atom. The van der Waals surface area contributed by atoms with Crippen molar-refractivity contribution in [1.29, 1.82) is 0 Å². The van der Waals surface area contributed by atoms with E-state index in [1.165, 1.54) is 0 Å². The predicted octanol–water partition coefficient (Wildman–Crippen LogP) is 2.78. The van der Waals surface area contributed by atoms with Crippen molar-refractivity contribution in [2.75, 3.05) is 0 Å². The maximum Gasteiger partial charge on any atom is 0.423 e. The summed E-state index contributed by atoms with van der Waals surface area (Å²) in [5.41, 5.74) is -8.02. The molecular weight excluding hydrogens is 245 g/mol. The highest BCUT2D eigenvalue weighted by molar-refractivity contribution is 5.18. The Bertz CT molecular complexity index is 289. The molecule has 1 rings (SSSR count). The minimum absolute atomic E-state index is 0.873. The molecule has 0 aromatic rings. The summed E-state index contributed by atoms with van der Waals surface area (Å²) in [6.45, 7) is 0.935. The standard InChI is InChI=1S/C8H9F7O/c1-2-5(10)3-6(16,8(13,14)15)7(11,12)4(5)9/h4,16H,2-3H2,1H3. The lowest BCUT2D eigenvalue weighted by Gasteiger charge is -2.31. The number of aliphatic hydroxyl groups is 1. The Balaban J connectivity index is 3.27. The summed E-state index contributed by atoms with van der Waals surface area (Å²) >= 11 is 0. The molecule has 3 atom stereocenters. The fourth-order valence-corrected chi connectivity index (χ4v) is 1.76. The molecule has 1 nitrogen and oxygen atoms in total. The summed E-state index contributed by atoms with van der Waals surface area (Å²) in [6.07, 6.45) is -12.3. The molecule has 96 valence electrons. The number of alkyl halides is 7. The monoisotopic (exact) mass is 254 g/mol. The molecule has 3 unspecified atom stereocenters. The van der Waals surface area contributed by atoms with E-state index in [-0.39, 0.29) is 0 Å². The third-order valence-corrected chi connectivity index (χ3v) is 2.93. The van der Waals surface area contributed by atoms with Gasteiger partial charge in [-0.1, -0.05) is 6.92 Å². The molecule has 0 bridgehead atoms. The van der Waals surface area contributed by atoms with E-state index in [0.717, 1.165) is 6.92 Å². The van der Waals surface area contributed by atoms with Crippen molar-refractivity contribution in [3.8, 4) is 0 Å². The second-order valence-electron chi connectivity index (χ2n) is 3.91. The molecule has 0 aromatic heterocycles. The zero-order valence-corrected chi connectivity index (χ0v) is 8.08. The lowest BCUT2D eigenvalue weighted by Crippen LogP contribution is -2.57. The van der Waals surface area contributed by atoms with Gasteiger partial charge in [0, 0.05) is 6.42 Å². The molecule has 16 heavy (non-hydrogen) atoms. The van der Waals surface area contributed by atoms with E-state index in [4.69, 9.17) is 5.11 Å². The van der Waals surface area contributed by atoms with Gasteiger partial charge in [0.15, 0.2) is 5.67 Å². The molecule has 0 aromatic carbocycles. The molecule has 0 spiro atoms. The highest BCUT2D eigenvalue weighted by Gasteiger charge is 2.82. The Hall–Kier alpha value is -0.530. The second kappa shape index (κ2) is 3.24. The van der Waals surface area contributed by atoms with Crippen molar-refractivity contribution in [2.24, 2.45) is 0 Å². The van der Waals surface area contributed by atoms with Crippen LogP contribution in [0.25, 0.3) is 0 Å². The minimum Gasteiger partial charge on any atom is -0.376 e. The molecule has 0 heterocycles. The fraction of sp³-hybridized carbons (Fsp3) is 1.00. The summed E-state index contributed by atoms with van der Waals surface area (Å²) in [4.78, 5) is 0. The topological polar surface area (TPSA) is 20.2 Å². The van der Waals surface area contributed by atoms with Crippen LogP contribution in [0.2, 0.25) is 0 Å². The van der Waals surface area contributed by atoms with Gasteiger partial charge in [-0.05, 0) is 6.42 Å². The van der Waals surface area contributed by atoms with Crippen LogP contribution in [0.3, 0.4) is 0 Å². The van der Waals surface area contributed by atoms with Gasteiger partial charge in [-0.3, -0.25) is 0 Å².